The number of nitrogens with zero attached hydrogens (tertiary/aromatic N) is 1. The van der Waals surface area contributed by atoms with Crippen LogP contribution in [0.15, 0.2) is 59.9 Å². The molecule has 0 aromatic carbocycles. The van der Waals surface area contributed by atoms with E-state index in [1.807, 2.05) is 0 Å². The van der Waals surface area contributed by atoms with Crippen LogP contribution in [0, 0.1) is 11.3 Å². The molecule has 0 aromatic rings. The highest BCUT2D eigenvalue weighted by atomic mass is 15.1. The predicted molar refractivity (Wildman–Crippen MR) is 107 cm³/mol. The van der Waals surface area contributed by atoms with Crippen LogP contribution < -0.4 is 0 Å². The zero-order valence-electron chi connectivity index (χ0n) is 16.3. The predicted octanol–water partition coefficient (Wildman–Crippen LogP) is 6.43. The van der Waals surface area contributed by atoms with Crippen LogP contribution >= 0.6 is 0 Å². The third-order valence-electron chi connectivity index (χ3n) is 5.18. The molecule has 24 heavy (non-hydrogen) atoms. The third kappa shape index (κ3) is 5.54. The monoisotopic (exact) mass is 325 g/mol. The van der Waals surface area contributed by atoms with Crippen LogP contribution in [-0.2, 0) is 0 Å². The highest BCUT2D eigenvalue weighted by Gasteiger charge is 2.19. The quantitative estimate of drug-likeness (QED) is 0.539. The van der Waals surface area contributed by atoms with Gasteiger partial charge in [0, 0.05) is 13.1 Å². The molecule has 0 amide bonds. The van der Waals surface area contributed by atoms with E-state index in [0.29, 0.717) is 12.0 Å². The Balaban J connectivity index is 1.91. The molecule has 1 aliphatic heterocycles. The first kappa shape index (κ1) is 18.8. The minimum absolute atomic E-state index is 0.239. The maximum absolute atomic E-state index is 2.46. The zero-order valence-corrected chi connectivity index (χ0v) is 16.3. The van der Waals surface area contributed by atoms with E-state index in [4.69, 9.17) is 0 Å². The molecule has 132 valence electrons. The molecule has 0 saturated carbocycles. The van der Waals surface area contributed by atoms with Crippen molar-refractivity contribution in [1.29, 1.82) is 0 Å². The number of hydrogen-bond donors (Lipinski definition) is 0. The van der Waals surface area contributed by atoms with Crippen LogP contribution in [0.5, 0.6) is 0 Å². The summed E-state index contributed by atoms with van der Waals surface area (Å²) in [4.78, 5) is 2.40. The Bertz CT molecular complexity index is 551. The van der Waals surface area contributed by atoms with Crippen LogP contribution in [0.25, 0.3) is 0 Å². The Morgan fingerprint density at radius 1 is 1.21 bits per heavy atom. The average molecular weight is 326 g/mol. The smallest absolute Gasteiger partial charge is 0.0318 e. The van der Waals surface area contributed by atoms with Gasteiger partial charge >= 0.3 is 0 Å². The molecule has 2 aliphatic rings. The van der Waals surface area contributed by atoms with Crippen molar-refractivity contribution in [1.82, 2.24) is 4.90 Å². The maximum Gasteiger partial charge on any atom is 0.0318 e. The first-order valence-corrected chi connectivity index (χ1v) is 9.49. The molecule has 0 radical (unpaired) electrons. The molecule has 2 unspecified atom stereocenters. The highest BCUT2D eigenvalue weighted by Crippen LogP contribution is 2.30. The van der Waals surface area contributed by atoms with Crippen LogP contribution in [0.1, 0.15) is 59.8 Å². The summed E-state index contributed by atoms with van der Waals surface area (Å²) in [7, 11) is 2.22. The largest absolute Gasteiger partial charge is 0.377 e. The first-order chi connectivity index (χ1) is 11.4. The molecular weight excluding hydrogens is 290 g/mol. The topological polar surface area (TPSA) is 3.24 Å². The van der Waals surface area contributed by atoms with Gasteiger partial charge in [-0.05, 0) is 68.2 Å². The molecule has 0 aromatic heterocycles. The van der Waals surface area contributed by atoms with Gasteiger partial charge in [0.2, 0.25) is 0 Å². The van der Waals surface area contributed by atoms with E-state index in [1.165, 1.54) is 36.8 Å². The van der Waals surface area contributed by atoms with Gasteiger partial charge in [-0.25, -0.2) is 0 Å². The molecule has 0 saturated heterocycles. The molecule has 2 rings (SSSR count). The molecule has 2 atom stereocenters. The Hall–Kier alpha value is -1.50. The van der Waals surface area contributed by atoms with Gasteiger partial charge in [0.25, 0.3) is 0 Å². The lowest BCUT2D eigenvalue weighted by Crippen LogP contribution is -2.25. The summed E-state index contributed by atoms with van der Waals surface area (Å²) in [6.45, 7) is 9.01. The molecule has 0 N–H and O–H groups in total. The van der Waals surface area contributed by atoms with Gasteiger partial charge in [0.1, 0.15) is 0 Å². The normalized spacial score (nSPS) is 27.0. The minimum Gasteiger partial charge on any atom is -0.377 e. The van der Waals surface area contributed by atoms with Crippen LogP contribution in [0.2, 0.25) is 0 Å². The maximum atomic E-state index is 2.46. The zero-order chi connectivity index (χ0) is 17.6. The number of allylic oxidation sites excluding steroid dienone is 8. The van der Waals surface area contributed by atoms with Crippen molar-refractivity contribution in [2.75, 3.05) is 7.05 Å². The number of hydrogen-bond acceptors (Lipinski definition) is 1. The van der Waals surface area contributed by atoms with Crippen LogP contribution in [0.3, 0.4) is 0 Å². The second kappa shape index (κ2) is 8.55. The van der Waals surface area contributed by atoms with Crippen molar-refractivity contribution in [3.63, 3.8) is 0 Å². The average Bonchev–Trinajstić information content (AvgIpc) is 2.70. The fourth-order valence-corrected chi connectivity index (χ4v) is 3.57. The van der Waals surface area contributed by atoms with Crippen molar-refractivity contribution in [2.24, 2.45) is 11.3 Å². The SMILES string of the molecule is C/C=C\C1CC=C/C(=C/CCC2CC=C(C(C)(C)C)C=CN2C)C1. The number of rotatable bonds is 4. The van der Waals surface area contributed by atoms with E-state index in [2.05, 4.69) is 88.4 Å². The molecule has 0 spiro atoms. The van der Waals surface area contributed by atoms with Crippen molar-refractivity contribution in [3.05, 3.63) is 59.9 Å². The van der Waals surface area contributed by atoms with Gasteiger partial charge < -0.3 is 4.90 Å². The van der Waals surface area contributed by atoms with Crippen molar-refractivity contribution >= 4 is 0 Å². The lowest BCUT2D eigenvalue weighted by molar-refractivity contribution is 0.316. The van der Waals surface area contributed by atoms with E-state index in [1.54, 1.807) is 0 Å². The molecule has 1 heteroatoms. The van der Waals surface area contributed by atoms with Crippen LogP contribution in [-0.4, -0.2) is 18.0 Å². The van der Waals surface area contributed by atoms with E-state index in [-0.39, 0.29) is 5.41 Å². The molecule has 1 nitrogen and oxygen atoms in total. The molecule has 0 bridgehead atoms. The summed E-state index contributed by atoms with van der Waals surface area (Å²) in [5.74, 6) is 0.701. The van der Waals surface area contributed by atoms with Crippen molar-refractivity contribution < 1.29 is 0 Å². The first-order valence-electron chi connectivity index (χ1n) is 9.49. The van der Waals surface area contributed by atoms with E-state index in [0.717, 1.165) is 6.42 Å². The van der Waals surface area contributed by atoms with Crippen molar-refractivity contribution in [2.45, 2.75) is 65.8 Å². The van der Waals surface area contributed by atoms with Gasteiger partial charge in [0.15, 0.2) is 0 Å². The third-order valence-corrected chi connectivity index (χ3v) is 5.18. The van der Waals surface area contributed by atoms with E-state index >= 15 is 0 Å². The summed E-state index contributed by atoms with van der Waals surface area (Å²) in [5.41, 5.74) is 3.21. The van der Waals surface area contributed by atoms with Gasteiger partial charge in [0.05, 0.1) is 0 Å². The van der Waals surface area contributed by atoms with Gasteiger partial charge in [-0.15, -0.1) is 0 Å². The summed E-state index contributed by atoms with van der Waals surface area (Å²) in [6.07, 6.45) is 24.6. The van der Waals surface area contributed by atoms with Crippen molar-refractivity contribution in [3.8, 4) is 0 Å². The van der Waals surface area contributed by atoms with Crippen LogP contribution in [0.4, 0.5) is 0 Å². The molecule has 0 fully saturated rings. The second-order valence-corrected chi connectivity index (χ2v) is 8.26. The van der Waals surface area contributed by atoms with Gasteiger partial charge in [-0.3, -0.25) is 0 Å². The van der Waals surface area contributed by atoms with E-state index in [9.17, 15) is 0 Å². The molecule has 1 heterocycles. The standard InChI is InChI=1S/C23H35N/c1-6-9-19-10-7-11-20(18-19)12-8-13-22-15-14-21(23(2,3)4)16-17-24(22)5/h6-7,9,11-12,14,16-17,19,22H,8,10,13,15,18H2,1-5H3/b9-6-,20-12-. The fraction of sp³-hybridized carbons (Fsp3) is 0.565. The fourth-order valence-electron chi connectivity index (χ4n) is 3.57. The Kier molecular flexibility index (Phi) is 6.71. The summed E-state index contributed by atoms with van der Waals surface area (Å²) in [5, 5.41) is 0. The molecular formula is C23H35N. The summed E-state index contributed by atoms with van der Waals surface area (Å²) >= 11 is 0. The minimum atomic E-state index is 0.239. The highest BCUT2D eigenvalue weighted by molar-refractivity contribution is 5.27. The Morgan fingerprint density at radius 2 is 2.00 bits per heavy atom. The molecule has 1 aliphatic carbocycles. The van der Waals surface area contributed by atoms with Gasteiger partial charge in [-0.1, -0.05) is 62.8 Å². The summed E-state index contributed by atoms with van der Waals surface area (Å²) < 4.78 is 0. The van der Waals surface area contributed by atoms with E-state index < -0.39 is 0 Å². The van der Waals surface area contributed by atoms with Gasteiger partial charge in [-0.2, -0.15) is 0 Å². The lowest BCUT2D eigenvalue weighted by atomic mass is 9.85. The Morgan fingerprint density at radius 3 is 2.71 bits per heavy atom. The Labute approximate surface area is 149 Å². The second-order valence-electron chi connectivity index (χ2n) is 8.26. The summed E-state index contributed by atoms with van der Waals surface area (Å²) in [6, 6.07) is 0.608. The lowest BCUT2D eigenvalue weighted by Gasteiger charge is -2.24.